The van der Waals surface area contributed by atoms with E-state index in [-0.39, 0.29) is 0 Å². The first-order valence-electron chi connectivity index (χ1n) is 6.30. The van der Waals surface area contributed by atoms with Crippen molar-refractivity contribution in [2.24, 2.45) is 5.92 Å². The zero-order chi connectivity index (χ0) is 11.2. The van der Waals surface area contributed by atoms with Crippen molar-refractivity contribution >= 4 is 0 Å². The van der Waals surface area contributed by atoms with E-state index in [9.17, 15) is 0 Å². The zero-order valence-corrected chi connectivity index (χ0v) is 9.90. The van der Waals surface area contributed by atoms with E-state index in [1.54, 1.807) is 0 Å². The molecule has 3 rings (SSSR count). The first-order chi connectivity index (χ1) is 7.88. The third kappa shape index (κ3) is 5.10. The fourth-order valence-electron chi connectivity index (χ4n) is 1.62. The SMILES string of the molecule is C(OCC1CO1)C1CO1.C=CCC1CCC1. The number of hydrogen-bond acceptors (Lipinski definition) is 3. The van der Waals surface area contributed by atoms with E-state index in [0.717, 1.165) is 32.3 Å². The minimum absolute atomic E-state index is 0.392. The molecule has 3 heteroatoms. The molecule has 3 aliphatic rings. The smallest absolute Gasteiger partial charge is 0.104 e. The van der Waals surface area contributed by atoms with Gasteiger partial charge in [0.15, 0.2) is 0 Å². The highest BCUT2D eigenvalue weighted by Gasteiger charge is 2.26. The van der Waals surface area contributed by atoms with Crippen molar-refractivity contribution in [3.63, 3.8) is 0 Å². The monoisotopic (exact) mass is 226 g/mol. The Morgan fingerprint density at radius 1 is 1.12 bits per heavy atom. The van der Waals surface area contributed by atoms with Crippen molar-refractivity contribution in [1.82, 2.24) is 0 Å². The second-order valence-electron chi connectivity index (χ2n) is 4.77. The van der Waals surface area contributed by atoms with E-state index in [1.165, 1.54) is 25.7 Å². The van der Waals surface area contributed by atoms with E-state index in [0.29, 0.717) is 12.2 Å². The van der Waals surface area contributed by atoms with E-state index in [1.807, 2.05) is 6.08 Å². The molecular formula is C13H22O3. The van der Waals surface area contributed by atoms with Crippen molar-refractivity contribution in [3.05, 3.63) is 12.7 Å². The molecule has 3 nitrogen and oxygen atoms in total. The van der Waals surface area contributed by atoms with Gasteiger partial charge in [0.2, 0.25) is 0 Å². The molecule has 2 atom stereocenters. The Labute approximate surface area is 97.8 Å². The maximum absolute atomic E-state index is 5.23. The first-order valence-corrected chi connectivity index (χ1v) is 6.30. The second kappa shape index (κ2) is 6.38. The lowest BCUT2D eigenvalue weighted by Gasteiger charge is -2.23. The minimum Gasteiger partial charge on any atom is -0.376 e. The predicted octanol–water partition coefficient (Wildman–Crippen LogP) is 2.16. The average molecular weight is 226 g/mol. The fraction of sp³-hybridized carbons (Fsp3) is 0.846. The van der Waals surface area contributed by atoms with Crippen molar-refractivity contribution < 1.29 is 14.2 Å². The third-order valence-electron chi connectivity index (χ3n) is 3.14. The van der Waals surface area contributed by atoms with Gasteiger partial charge in [-0.05, 0) is 12.3 Å². The second-order valence-corrected chi connectivity index (χ2v) is 4.77. The molecule has 0 N–H and O–H groups in total. The van der Waals surface area contributed by atoms with Gasteiger partial charge in [-0.25, -0.2) is 0 Å². The van der Waals surface area contributed by atoms with Crippen LogP contribution < -0.4 is 0 Å². The zero-order valence-electron chi connectivity index (χ0n) is 9.90. The summed E-state index contributed by atoms with van der Waals surface area (Å²) >= 11 is 0. The topological polar surface area (TPSA) is 34.3 Å². The molecule has 0 radical (unpaired) electrons. The van der Waals surface area contributed by atoms with Crippen LogP contribution in [-0.4, -0.2) is 38.6 Å². The maximum Gasteiger partial charge on any atom is 0.104 e. The minimum atomic E-state index is 0.392. The normalized spacial score (nSPS) is 31.0. The van der Waals surface area contributed by atoms with Crippen LogP contribution >= 0.6 is 0 Å². The molecule has 0 bridgehead atoms. The Hall–Kier alpha value is -0.380. The summed E-state index contributed by atoms with van der Waals surface area (Å²) in [5, 5.41) is 0. The quantitative estimate of drug-likeness (QED) is 0.514. The van der Waals surface area contributed by atoms with E-state index >= 15 is 0 Å². The first kappa shape index (κ1) is 12.1. The molecule has 0 spiro atoms. The maximum atomic E-state index is 5.23. The molecule has 0 aromatic rings. The highest BCUT2D eigenvalue weighted by Crippen LogP contribution is 2.29. The van der Waals surface area contributed by atoms with Crippen LogP contribution in [0, 0.1) is 5.92 Å². The van der Waals surface area contributed by atoms with Crippen molar-refractivity contribution in [2.45, 2.75) is 37.9 Å². The number of allylic oxidation sites excluding steroid dienone is 1. The molecule has 0 amide bonds. The Kier molecular flexibility index (Phi) is 4.82. The summed E-state index contributed by atoms with van der Waals surface area (Å²) in [4.78, 5) is 0. The fourth-order valence-corrected chi connectivity index (χ4v) is 1.62. The molecule has 1 aliphatic carbocycles. The summed E-state index contributed by atoms with van der Waals surface area (Å²) in [6.45, 7) is 6.94. The standard InChI is InChI=1S/C7H12.C6H10O3/c1-2-4-7-5-3-6-7;1(5-3-8-5)7-2-6-4-9-6/h2,7H,1,3-6H2;5-6H,1-4H2. The van der Waals surface area contributed by atoms with Gasteiger partial charge in [-0.1, -0.05) is 25.3 Å². The van der Waals surface area contributed by atoms with Gasteiger partial charge >= 0.3 is 0 Å². The van der Waals surface area contributed by atoms with Crippen LogP contribution in [-0.2, 0) is 14.2 Å². The van der Waals surface area contributed by atoms with Crippen LogP contribution in [0.25, 0.3) is 0 Å². The number of epoxide rings is 2. The summed E-state index contributed by atoms with van der Waals surface area (Å²) in [5.74, 6) is 1.01. The van der Waals surface area contributed by atoms with Crippen LogP contribution in [0.3, 0.4) is 0 Å². The molecule has 92 valence electrons. The van der Waals surface area contributed by atoms with Crippen molar-refractivity contribution in [3.8, 4) is 0 Å². The Balaban J connectivity index is 0.000000125. The lowest BCUT2D eigenvalue weighted by molar-refractivity contribution is 0.102. The summed E-state index contributed by atoms with van der Waals surface area (Å²) in [5.41, 5.74) is 0. The summed E-state index contributed by atoms with van der Waals surface area (Å²) < 4.78 is 15.1. The molecule has 0 aromatic heterocycles. The molecule has 2 saturated heterocycles. The van der Waals surface area contributed by atoms with Crippen LogP contribution in [0.5, 0.6) is 0 Å². The lowest BCUT2D eigenvalue weighted by Crippen LogP contribution is -2.08. The summed E-state index contributed by atoms with van der Waals surface area (Å²) in [7, 11) is 0. The summed E-state index contributed by atoms with van der Waals surface area (Å²) in [6.07, 6.45) is 8.42. The van der Waals surface area contributed by atoms with Gasteiger partial charge in [-0.15, -0.1) is 6.58 Å². The average Bonchev–Trinajstić information content (AvgIpc) is 3.05. The Bertz CT molecular complexity index is 193. The molecule has 16 heavy (non-hydrogen) atoms. The number of ether oxygens (including phenoxy) is 3. The molecule has 0 aromatic carbocycles. The van der Waals surface area contributed by atoms with Crippen molar-refractivity contribution in [2.75, 3.05) is 26.4 Å². The highest BCUT2D eigenvalue weighted by atomic mass is 16.6. The van der Waals surface area contributed by atoms with E-state index < -0.39 is 0 Å². The Morgan fingerprint density at radius 2 is 1.69 bits per heavy atom. The van der Waals surface area contributed by atoms with Gasteiger partial charge in [-0.2, -0.15) is 0 Å². The van der Waals surface area contributed by atoms with Gasteiger partial charge in [-0.3, -0.25) is 0 Å². The largest absolute Gasteiger partial charge is 0.376 e. The van der Waals surface area contributed by atoms with Gasteiger partial charge in [0.05, 0.1) is 26.4 Å². The van der Waals surface area contributed by atoms with Crippen LogP contribution in [0.4, 0.5) is 0 Å². The number of hydrogen-bond donors (Lipinski definition) is 0. The van der Waals surface area contributed by atoms with Crippen LogP contribution in [0.2, 0.25) is 0 Å². The molecule has 2 heterocycles. The van der Waals surface area contributed by atoms with Crippen LogP contribution in [0.15, 0.2) is 12.7 Å². The van der Waals surface area contributed by atoms with E-state index in [2.05, 4.69) is 6.58 Å². The summed E-state index contributed by atoms with van der Waals surface area (Å²) in [6, 6.07) is 0. The Morgan fingerprint density at radius 3 is 1.94 bits per heavy atom. The molecule has 2 unspecified atom stereocenters. The number of rotatable bonds is 6. The van der Waals surface area contributed by atoms with Crippen molar-refractivity contribution in [1.29, 1.82) is 0 Å². The van der Waals surface area contributed by atoms with Gasteiger partial charge in [0.1, 0.15) is 12.2 Å². The molecule has 2 aliphatic heterocycles. The van der Waals surface area contributed by atoms with Gasteiger partial charge in [0.25, 0.3) is 0 Å². The van der Waals surface area contributed by atoms with Crippen LogP contribution in [0.1, 0.15) is 25.7 Å². The molecular weight excluding hydrogens is 204 g/mol. The predicted molar refractivity (Wildman–Crippen MR) is 62.5 cm³/mol. The van der Waals surface area contributed by atoms with Gasteiger partial charge in [0, 0.05) is 0 Å². The molecule has 3 fully saturated rings. The molecule has 1 saturated carbocycles. The van der Waals surface area contributed by atoms with E-state index in [4.69, 9.17) is 14.2 Å². The van der Waals surface area contributed by atoms with Gasteiger partial charge < -0.3 is 14.2 Å². The third-order valence-corrected chi connectivity index (χ3v) is 3.14. The highest BCUT2D eigenvalue weighted by molar-refractivity contribution is 4.78. The lowest BCUT2D eigenvalue weighted by atomic mass is 9.83.